The van der Waals surface area contributed by atoms with E-state index in [2.05, 4.69) is 12.1 Å². The molecular formula is C24H28N2O4. The highest BCUT2D eigenvalue weighted by molar-refractivity contribution is 5.80. The molecule has 4 fully saturated rings. The fraction of sp³-hybridized carbons (Fsp3) is 0.500. The van der Waals surface area contributed by atoms with E-state index in [1.54, 1.807) is 0 Å². The number of hydrogen-bond acceptors (Lipinski definition) is 6. The molecule has 6 rings (SSSR count). The summed E-state index contributed by atoms with van der Waals surface area (Å²) in [6.45, 7) is 3.27. The summed E-state index contributed by atoms with van der Waals surface area (Å²) in [4.78, 5) is 0. The van der Waals surface area contributed by atoms with Crippen molar-refractivity contribution in [2.75, 3.05) is 37.9 Å². The van der Waals surface area contributed by atoms with Gasteiger partial charge in [-0.25, -0.2) is 0 Å². The molecule has 30 heavy (non-hydrogen) atoms. The van der Waals surface area contributed by atoms with Crippen molar-refractivity contribution >= 4 is 11.4 Å². The molecule has 4 aliphatic heterocycles. The van der Waals surface area contributed by atoms with Crippen LogP contribution in [0, 0.1) is 0 Å². The van der Waals surface area contributed by atoms with Crippen molar-refractivity contribution in [3.63, 3.8) is 0 Å². The molecule has 4 saturated heterocycles. The van der Waals surface area contributed by atoms with Gasteiger partial charge in [0.1, 0.15) is 0 Å². The minimum atomic E-state index is 0.271. The first-order valence-electron chi connectivity index (χ1n) is 10.9. The van der Waals surface area contributed by atoms with Crippen molar-refractivity contribution in [2.45, 2.75) is 50.1 Å². The van der Waals surface area contributed by atoms with Gasteiger partial charge in [0, 0.05) is 37.1 Å². The van der Waals surface area contributed by atoms with E-state index in [4.69, 9.17) is 30.4 Å². The lowest BCUT2D eigenvalue weighted by Gasteiger charge is -2.25. The van der Waals surface area contributed by atoms with Crippen LogP contribution in [0.2, 0.25) is 0 Å². The Morgan fingerprint density at radius 3 is 1.33 bits per heavy atom. The van der Waals surface area contributed by atoms with Crippen LogP contribution < -0.4 is 11.5 Å². The lowest BCUT2D eigenvalue weighted by Crippen LogP contribution is -2.16. The molecule has 0 amide bonds. The van der Waals surface area contributed by atoms with E-state index in [1.165, 1.54) is 33.4 Å². The van der Waals surface area contributed by atoms with Crippen molar-refractivity contribution in [1.29, 1.82) is 0 Å². The highest BCUT2D eigenvalue weighted by atomic mass is 16.6. The third-order valence-electron chi connectivity index (χ3n) is 6.52. The van der Waals surface area contributed by atoms with Crippen molar-refractivity contribution in [3.8, 4) is 11.1 Å². The zero-order valence-electron chi connectivity index (χ0n) is 17.1. The largest absolute Gasteiger partial charge is 0.399 e. The Labute approximate surface area is 176 Å². The van der Waals surface area contributed by atoms with Crippen LogP contribution in [0.5, 0.6) is 0 Å². The molecule has 0 bridgehead atoms. The van der Waals surface area contributed by atoms with Crippen molar-refractivity contribution < 1.29 is 18.9 Å². The lowest BCUT2D eigenvalue weighted by molar-refractivity contribution is 0.399. The summed E-state index contributed by atoms with van der Waals surface area (Å²) in [5.41, 5.74) is 22.1. The Bertz CT molecular complexity index is 905. The SMILES string of the molecule is Nc1ccc(-c2c(CC3CO3)c(CC3CO3)c(N)c(CC3CO3)c2CC2CO2)cc1. The first kappa shape index (κ1) is 18.6. The topological polar surface area (TPSA) is 102 Å². The smallest absolute Gasteiger partial charge is 0.0851 e. The van der Waals surface area contributed by atoms with Gasteiger partial charge in [0.05, 0.1) is 50.8 Å². The third kappa shape index (κ3) is 3.93. The predicted octanol–water partition coefficient (Wildman–Crippen LogP) is 2.28. The highest BCUT2D eigenvalue weighted by Gasteiger charge is 2.36. The van der Waals surface area contributed by atoms with Crippen LogP contribution in [0.4, 0.5) is 11.4 Å². The number of nitrogens with two attached hydrogens (primary N) is 2. The molecule has 0 aliphatic carbocycles. The van der Waals surface area contributed by atoms with Gasteiger partial charge in [-0.2, -0.15) is 0 Å². The predicted molar refractivity (Wildman–Crippen MR) is 114 cm³/mol. The average Bonchev–Trinajstić information content (AvgIpc) is 3.55. The molecule has 158 valence electrons. The number of epoxide rings is 4. The Hall–Kier alpha value is -2.12. The molecule has 2 aromatic rings. The first-order chi connectivity index (χ1) is 14.7. The average molecular weight is 408 g/mol. The summed E-state index contributed by atoms with van der Waals surface area (Å²) in [7, 11) is 0. The van der Waals surface area contributed by atoms with E-state index in [9.17, 15) is 0 Å². The maximum absolute atomic E-state index is 6.89. The first-order valence-corrected chi connectivity index (χ1v) is 10.9. The second-order valence-corrected chi connectivity index (χ2v) is 8.96. The molecule has 4 N–H and O–H groups in total. The van der Waals surface area contributed by atoms with Gasteiger partial charge in [0.2, 0.25) is 0 Å². The highest BCUT2D eigenvalue weighted by Crippen LogP contribution is 2.43. The van der Waals surface area contributed by atoms with E-state index < -0.39 is 0 Å². The Morgan fingerprint density at radius 1 is 0.600 bits per heavy atom. The summed E-state index contributed by atoms with van der Waals surface area (Å²) < 4.78 is 22.5. The van der Waals surface area contributed by atoms with E-state index in [0.29, 0.717) is 0 Å². The van der Waals surface area contributed by atoms with Crippen LogP contribution in [0.1, 0.15) is 22.3 Å². The number of benzene rings is 2. The molecule has 0 saturated carbocycles. The maximum atomic E-state index is 6.89. The van der Waals surface area contributed by atoms with Gasteiger partial charge in [-0.05, 0) is 45.5 Å². The molecular weight excluding hydrogens is 380 g/mol. The number of rotatable bonds is 9. The monoisotopic (exact) mass is 408 g/mol. The molecule has 2 aromatic carbocycles. The number of nitrogen functional groups attached to an aromatic ring is 2. The summed E-state index contributed by atoms with van der Waals surface area (Å²) >= 11 is 0. The van der Waals surface area contributed by atoms with Crippen LogP contribution in [-0.2, 0) is 44.6 Å². The quantitative estimate of drug-likeness (QED) is 0.488. The second-order valence-electron chi connectivity index (χ2n) is 8.96. The van der Waals surface area contributed by atoms with Gasteiger partial charge >= 0.3 is 0 Å². The zero-order chi connectivity index (χ0) is 20.2. The van der Waals surface area contributed by atoms with Gasteiger partial charge in [0.25, 0.3) is 0 Å². The van der Waals surface area contributed by atoms with Crippen LogP contribution in [0.3, 0.4) is 0 Å². The lowest BCUT2D eigenvalue weighted by atomic mass is 9.80. The number of anilines is 2. The molecule has 6 heteroatoms. The standard InChI is InChI=1S/C24H28N2O4/c25-14-3-1-13(2-4-14)23-19(5-15-9-27-15)21(7-17-11-29-17)24(26)22(8-18-12-30-18)20(23)6-16-10-28-16/h1-4,15-18H,5-12,25-26H2. The van der Waals surface area contributed by atoms with Gasteiger partial charge in [-0.3, -0.25) is 0 Å². The van der Waals surface area contributed by atoms with Gasteiger partial charge in [-0.1, -0.05) is 12.1 Å². The van der Waals surface area contributed by atoms with Gasteiger partial charge in [-0.15, -0.1) is 0 Å². The van der Waals surface area contributed by atoms with Crippen molar-refractivity contribution in [2.24, 2.45) is 0 Å². The summed E-state index contributed by atoms with van der Waals surface area (Å²) in [6.07, 6.45) is 4.57. The molecule has 0 aromatic heterocycles. The van der Waals surface area contributed by atoms with Crippen LogP contribution in [0.15, 0.2) is 24.3 Å². The summed E-state index contributed by atoms with van der Waals surface area (Å²) in [5.74, 6) is 0. The van der Waals surface area contributed by atoms with Gasteiger partial charge < -0.3 is 30.4 Å². The number of ether oxygens (including phenoxy) is 4. The Morgan fingerprint density at radius 2 is 0.967 bits per heavy atom. The van der Waals surface area contributed by atoms with Crippen LogP contribution in [0.25, 0.3) is 11.1 Å². The van der Waals surface area contributed by atoms with Crippen LogP contribution in [-0.4, -0.2) is 50.8 Å². The fourth-order valence-corrected chi connectivity index (χ4v) is 4.56. The van der Waals surface area contributed by atoms with E-state index in [-0.39, 0.29) is 24.4 Å². The minimum Gasteiger partial charge on any atom is -0.399 e. The molecule has 0 spiro atoms. The second kappa shape index (κ2) is 7.24. The summed E-state index contributed by atoms with van der Waals surface area (Å²) in [5, 5.41) is 0. The van der Waals surface area contributed by atoms with E-state index in [0.717, 1.165) is 63.5 Å². The van der Waals surface area contributed by atoms with Crippen molar-refractivity contribution in [1.82, 2.24) is 0 Å². The molecule has 4 unspecified atom stereocenters. The fourth-order valence-electron chi connectivity index (χ4n) is 4.56. The third-order valence-corrected chi connectivity index (χ3v) is 6.52. The molecule has 0 radical (unpaired) electrons. The van der Waals surface area contributed by atoms with E-state index in [1.807, 2.05) is 12.1 Å². The van der Waals surface area contributed by atoms with E-state index >= 15 is 0 Å². The van der Waals surface area contributed by atoms with Gasteiger partial charge in [0.15, 0.2) is 0 Å². The number of hydrogen-bond donors (Lipinski definition) is 2. The molecule has 6 nitrogen and oxygen atoms in total. The zero-order valence-corrected chi connectivity index (χ0v) is 17.1. The Balaban J connectivity index is 1.56. The van der Waals surface area contributed by atoms with Crippen molar-refractivity contribution in [3.05, 3.63) is 46.5 Å². The normalized spacial score (nSPS) is 28.4. The molecule has 4 atom stereocenters. The van der Waals surface area contributed by atoms with Crippen LogP contribution >= 0.6 is 0 Å². The minimum absolute atomic E-state index is 0.271. The maximum Gasteiger partial charge on any atom is 0.0851 e. The Kier molecular flexibility index (Phi) is 4.49. The summed E-state index contributed by atoms with van der Waals surface area (Å²) in [6, 6.07) is 8.22. The molecule has 4 heterocycles. The molecule has 4 aliphatic rings.